The van der Waals surface area contributed by atoms with Gasteiger partial charge in [-0.05, 0) is 31.7 Å². The molecule has 29 heavy (non-hydrogen) atoms. The van der Waals surface area contributed by atoms with Gasteiger partial charge in [0.05, 0.1) is 18.3 Å². The number of pyridine rings is 1. The van der Waals surface area contributed by atoms with Gasteiger partial charge in [-0.2, -0.15) is 5.10 Å². The van der Waals surface area contributed by atoms with Crippen molar-refractivity contribution in [3.8, 4) is 5.82 Å². The summed E-state index contributed by atoms with van der Waals surface area (Å²) < 4.78 is 27.7. The second-order valence-electron chi connectivity index (χ2n) is 7.61. The SMILES string of the molecule is CC(F)(F)CN[C@H]1CC[C@@H](NC(=O)c2nc(-n3ccnc3)cc3cn[nH]c23)CC1. The molecule has 0 unspecified atom stereocenters. The average molecular weight is 403 g/mol. The summed E-state index contributed by atoms with van der Waals surface area (Å²) in [6.07, 6.45) is 9.59. The van der Waals surface area contributed by atoms with Crippen LogP contribution in [0.4, 0.5) is 8.78 Å². The van der Waals surface area contributed by atoms with E-state index < -0.39 is 5.92 Å². The summed E-state index contributed by atoms with van der Waals surface area (Å²) >= 11 is 0. The molecule has 0 aromatic carbocycles. The number of hydrogen-bond donors (Lipinski definition) is 3. The molecule has 3 N–H and O–H groups in total. The number of amides is 1. The normalized spacial score (nSPS) is 20.1. The lowest BCUT2D eigenvalue weighted by atomic mass is 9.91. The lowest BCUT2D eigenvalue weighted by molar-refractivity contribution is 0.0184. The van der Waals surface area contributed by atoms with Gasteiger partial charge in [0.15, 0.2) is 5.69 Å². The van der Waals surface area contributed by atoms with Crippen molar-refractivity contribution in [2.75, 3.05) is 6.54 Å². The van der Waals surface area contributed by atoms with Gasteiger partial charge < -0.3 is 10.6 Å². The van der Waals surface area contributed by atoms with E-state index in [-0.39, 0.29) is 30.2 Å². The highest BCUT2D eigenvalue weighted by Crippen LogP contribution is 2.22. The highest BCUT2D eigenvalue weighted by Gasteiger charge is 2.27. The smallest absolute Gasteiger partial charge is 0.272 e. The number of aromatic nitrogens is 5. The van der Waals surface area contributed by atoms with Crippen LogP contribution in [0.3, 0.4) is 0 Å². The molecule has 1 aliphatic rings. The molecule has 0 atom stereocenters. The average Bonchev–Trinajstić information content (AvgIpc) is 3.37. The molecule has 3 aromatic rings. The van der Waals surface area contributed by atoms with Crippen molar-refractivity contribution in [2.24, 2.45) is 0 Å². The van der Waals surface area contributed by atoms with E-state index in [0.717, 1.165) is 38.0 Å². The Kier molecular flexibility index (Phi) is 5.27. The minimum Gasteiger partial charge on any atom is -0.348 e. The van der Waals surface area contributed by atoms with Crippen molar-refractivity contribution in [3.63, 3.8) is 0 Å². The first kappa shape index (κ1) is 19.4. The van der Waals surface area contributed by atoms with Crippen LogP contribution in [-0.4, -0.2) is 55.2 Å². The lowest BCUT2D eigenvalue weighted by Crippen LogP contribution is -2.44. The summed E-state index contributed by atoms with van der Waals surface area (Å²) in [5.74, 6) is -2.42. The summed E-state index contributed by atoms with van der Waals surface area (Å²) in [4.78, 5) is 21.4. The van der Waals surface area contributed by atoms with Gasteiger partial charge in [0.1, 0.15) is 12.1 Å². The van der Waals surface area contributed by atoms with Crippen LogP contribution >= 0.6 is 0 Å². The first-order valence-electron chi connectivity index (χ1n) is 9.63. The molecule has 0 radical (unpaired) electrons. The van der Waals surface area contributed by atoms with Gasteiger partial charge in [0.25, 0.3) is 11.8 Å². The molecule has 0 bridgehead atoms. The van der Waals surface area contributed by atoms with E-state index in [9.17, 15) is 13.6 Å². The van der Waals surface area contributed by atoms with Crippen molar-refractivity contribution >= 4 is 16.8 Å². The molecule has 0 saturated heterocycles. The largest absolute Gasteiger partial charge is 0.348 e. The topological polar surface area (TPSA) is 101 Å². The molecule has 3 heterocycles. The molecule has 3 aromatic heterocycles. The van der Waals surface area contributed by atoms with E-state index in [1.54, 1.807) is 29.5 Å². The minimum absolute atomic E-state index is 0.0145. The predicted molar refractivity (Wildman–Crippen MR) is 103 cm³/mol. The van der Waals surface area contributed by atoms with Crippen LogP contribution in [0.5, 0.6) is 0 Å². The minimum atomic E-state index is -2.72. The molecule has 1 saturated carbocycles. The molecule has 1 aliphatic carbocycles. The molecular formula is C19H23F2N7O. The van der Waals surface area contributed by atoms with Gasteiger partial charge in [0.2, 0.25) is 0 Å². The maximum absolute atomic E-state index is 13.0. The zero-order valence-corrected chi connectivity index (χ0v) is 16.0. The number of rotatable bonds is 6. The highest BCUT2D eigenvalue weighted by molar-refractivity contribution is 6.04. The fourth-order valence-corrected chi connectivity index (χ4v) is 3.65. The number of imidazole rings is 1. The fraction of sp³-hybridized carbons (Fsp3) is 0.474. The first-order valence-corrected chi connectivity index (χ1v) is 9.63. The highest BCUT2D eigenvalue weighted by atomic mass is 19.3. The molecule has 0 spiro atoms. The summed E-state index contributed by atoms with van der Waals surface area (Å²) in [7, 11) is 0. The van der Waals surface area contributed by atoms with E-state index in [1.165, 1.54) is 0 Å². The summed E-state index contributed by atoms with van der Waals surface area (Å²) in [5, 5.41) is 13.6. The lowest BCUT2D eigenvalue weighted by Gasteiger charge is -2.30. The van der Waals surface area contributed by atoms with Gasteiger partial charge >= 0.3 is 0 Å². The second kappa shape index (κ2) is 7.86. The number of halogens is 2. The first-order chi connectivity index (χ1) is 13.9. The van der Waals surface area contributed by atoms with E-state index in [4.69, 9.17) is 0 Å². The van der Waals surface area contributed by atoms with Gasteiger partial charge in [-0.25, -0.2) is 18.7 Å². The van der Waals surface area contributed by atoms with Crippen molar-refractivity contribution in [1.82, 2.24) is 35.4 Å². The Bertz CT molecular complexity index is 972. The van der Waals surface area contributed by atoms with E-state index in [0.29, 0.717) is 11.3 Å². The standard InChI is InChI=1S/C19H23F2N7O/c1-19(20,21)10-23-13-2-4-14(5-3-13)25-18(29)17-16-12(9-24-27-16)8-15(26-17)28-7-6-22-11-28/h6-9,11,13-14,23H,2-5,10H2,1H3,(H,24,27)(H,25,29)/t13-,14+. The number of alkyl halides is 2. The van der Waals surface area contributed by atoms with Crippen molar-refractivity contribution in [2.45, 2.75) is 50.6 Å². The van der Waals surface area contributed by atoms with Crippen LogP contribution in [0.2, 0.25) is 0 Å². The molecular weight excluding hydrogens is 380 g/mol. The second-order valence-corrected chi connectivity index (χ2v) is 7.61. The molecule has 4 rings (SSSR count). The molecule has 10 heteroatoms. The van der Waals surface area contributed by atoms with Gasteiger partial charge in [-0.1, -0.05) is 0 Å². The molecule has 154 valence electrons. The number of fused-ring (bicyclic) bond motifs is 1. The maximum Gasteiger partial charge on any atom is 0.272 e. The third-order valence-electron chi connectivity index (χ3n) is 5.16. The third kappa shape index (κ3) is 4.58. The Morgan fingerprint density at radius 1 is 1.31 bits per heavy atom. The Morgan fingerprint density at radius 3 is 2.76 bits per heavy atom. The van der Waals surface area contributed by atoms with Gasteiger partial charge in [-0.3, -0.25) is 14.5 Å². The van der Waals surface area contributed by atoms with Crippen LogP contribution in [-0.2, 0) is 0 Å². The van der Waals surface area contributed by atoms with Crippen LogP contribution in [0.15, 0.2) is 31.0 Å². The Hall–Kier alpha value is -2.88. The maximum atomic E-state index is 13.0. The van der Waals surface area contributed by atoms with E-state index in [2.05, 4.69) is 30.8 Å². The van der Waals surface area contributed by atoms with Crippen molar-refractivity contribution < 1.29 is 13.6 Å². The van der Waals surface area contributed by atoms with Crippen molar-refractivity contribution in [1.29, 1.82) is 0 Å². The number of carbonyl (C=O) groups excluding carboxylic acids is 1. The van der Waals surface area contributed by atoms with E-state index in [1.807, 2.05) is 6.07 Å². The molecule has 0 aliphatic heterocycles. The number of nitrogens with one attached hydrogen (secondary N) is 3. The molecule has 8 nitrogen and oxygen atoms in total. The predicted octanol–water partition coefficient (Wildman–Crippen LogP) is 2.43. The Balaban J connectivity index is 1.43. The van der Waals surface area contributed by atoms with Crippen LogP contribution < -0.4 is 10.6 Å². The van der Waals surface area contributed by atoms with Gasteiger partial charge in [-0.15, -0.1) is 0 Å². The van der Waals surface area contributed by atoms with Crippen LogP contribution in [0.25, 0.3) is 16.7 Å². The Labute approximate surface area is 166 Å². The number of nitrogens with zero attached hydrogens (tertiary/aromatic N) is 4. The monoisotopic (exact) mass is 403 g/mol. The van der Waals surface area contributed by atoms with Gasteiger partial charge in [0, 0.05) is 36.8 Å². The zero-order chi connectivity index (χ0) is 20.4. The Morgan fingerprint density at radius 2 is 2.07 bits per heavy atom. The van der Waals surface area contributed by atoms with Crippen molar-refractivity contribution in [3.05, 3.63) is 36.7 Å². The number of hydrogen-bond acceptors (Lipinski definition) is 5. The fourth-order valence-electron chi connectivity index (χ4n) is 3.65. The van der Waals surface area contributed by atoms with Crippen LogP contribution in [0, 0.1) is 0 Å². The summed E-state index contributed by atoms with van der Waals surface area (Å²) in [6.45, 7) is 0.588. The number of carbonyl (C=O) groups is 1. The van der Waals surface area contributed by atoms with Crippen LogP contribution in [0.1, 0.15) is 43.1 Å². The summed E-state index contributed by atoms with van der Waals surface area (Å²) in [6, 6.07) is 1.87. The summed E-state index contributed by atoms with van der Waals surface area (Å²) in [5.41, 5.74) is 0.849. The van der Waals surface area contributed by atoms with E-state index >= 15 is 0 Å². The third-order valence-corrected chi connectivity index (χ3v) is 5.16. The number of H-pyrrole nitrogens is 1. The zero-order valence-electron chi connectivity index (χ0n) is 16.0. The molecule has 1 amide bonds. The quantitative estimate of drug-likeness (QED) is 0.587. The molecule has 1 fully saturated rings. The number of aromatic amines is 1.